The Morgan fingerprint density at radius 3 is 2.71 bits per heavy atom. The standard InChI is InChI=1S/C17H14IN5S/c1-10-15(23-9-3-8-19-16(23)20-10)14-11(2)24-17(22-14)21-13-6-4-12(18)5-7-13/h3-9H,1-2H3,(H,21,22). The first kappa shape index (κ1) is 15.5. The van der Waals surface area contributed by atoms with Gasteiger partial charge < -0.3 is 5.32 Å². The predicted octanol–water partition coefficient (Wildman–Crippen LogP) is 4.82. The molecule has 5 nitrogen and oxygen atoms in total. The van der Waals surface area contributed by atoms with Crippen LogP contribution in [0, 0.1) is 17.4 Å². The number of hydrogen-bond acceptors (Lipinski definition) is 5. The van der Waals surface area contributed by atoms with Crippen LogP contribution < -0.4 is 5.32 Å². The summed E-state index contributed by atoms with van der Waals surface area (Å²) in [5.74, 6) is 0.699. The Hall–Kier alpha value is -2.00. The second kappa shape index (κ2) is 6.14. The number of halogens is 1. The van der Waals surface area contributed by atoms with E-state index in [1.54, 1.807) is 17.5 Å². The number of thiazole rings is 1. The van der Waals surface area contributed by atoms with Crippen molar-refractivity contribution in [2.24, 2.45) is 0 Å². The fourth-order valence-electron chi connectivity index (χ4n) is 2.61. The highest BCUT2D eigenvalue weighted by Gasteiger charge is 2.17. The highest BCUT2D eigenvalue weighted by molar-refractivity contribution is 14.1. The maximum absolute atomic E-state index is 4.80. The van der Waals surface area contributed by atoms with E-state index >= 15 is 0 Å². The van der Waals surface area contributed by atoms with E-state index in [0.29, 0.717) is 5.78 Å². The molecule has 24 heavy (non-hydrogen) atoms. The molecule has 0 saturated heterocycles. The number of anilines is 2. The van der Waals surface area contributed by atoms with Gasteiger partial charge in [-0.15, -0.1) is 11.3 Å². The van der Waals surface area contributed by atoms with Crippen molar-refractivity contribution in [3.63, 3.8) is 0 Å². The number of nitrogens with one attached hydrogen (secondary N) is 1. The Morgan fingerprint density at radius 1 is 1.12 bits per heavy atom. The van der Waals surface area contributed by atoms with E-state index in [9.17, 15) is 0 Å². The molecule has 0 atom stereocenters. The van der Waals surface area contributed by atoms with Crippen LogP contribution in [0.25, 0.3) is 17.2 Å². The molecule has 0 amide bonds. The molecule has 0 bridgehead atoms. The molecule has 120 valence electrons. The fraction of sp³-hybridized carbons (Fsp3) is 0.118. The average molecular weight is 447 g/mol. The van der Waals surface area contributed by atoms with Gasteiger partial charge in [-0.1, -0.05) is 0 Å². The minimum absolute atomic E-state index is 0.699. The molecule has 1 N–H and O–H groups in total. The summed E-state index contributed by atoms with van der Waals surface area (Å²) in [7, 11) is 0. The number of rotatable bonds is 3. The highest BCUT2D eigenvalue weighted by Crippen LogP contribution is 2.33. The Labute approximate surface area is 157 Å². The number of fused-ring (bicyclic) bond motifs is 1. The average Bonchev–Trinajstić information content (AvgIpc) is 3.08. The molecule has 0 aliphatic carbocycles. The molecule has 3 aromatic heterocycles. The van der Waals surface area contributed by atoms with Crippen LogP contribution in [0.15, 0.2) is 42.7 Å². The van der Waals surface area contributed by atoms with E-state index in [1.807, 2.05) is 23.6 Å². The molecule has 0 fully saturated rings. The normalized spacial score (nSPS) is 11.1. The monoisotopic (exact) mass is 447 g/mol. The van der Waals surface area contributed by atoms with Crippen LogP contribution in [0.1, 0.15) is 10.6 Å². The fourth-order valence-corrected chi connectivity index (χ4v) is 3.80. The first-order valence-corrected chi connectivity index (χ1v) is 9.31. The van der Waals surface area contributed by atoms with Gasteiger partial charge in [0, 0.05) is 26.5 Å². The smallest absolute Gasteiger partial charge is 0.234 e. The zero-order valence-electron chi connectivity index (χ0n) is 13.1. The molecular weight excluding hydrogens is 433 g/mol. The molecule has 0 radical (unpaired) electrons. The van der Waals surface area contributed by atoms with E-state index in [0.717, 1.165) is 32.8 Å². The van der Waals surface area contributed by atoms with Gasteiger partial charge in [-0.25, -0.2) is 15.0 Å². The summed E-state index contributed by atoms with van der Waals surface area (Å²) < 4.78 is 3.20. The topological polar surface area (TPSA) is 55.1 Å². The van der Waals surface area contributed by atoms with E-state index in [-0.39, 0.29) is 0 Å². The first-order valence-electron chi connectivity index (χ1n) is 7.42. The lowest BCUT2D eigenvalue weighted by atomic mass is 10.2. The lowest BCUT2D eigenvalue weighted by molar-refractivity contribution is 1.10. The van der Waals surface area contributed by atoms with Gasteiger partial charge in [0.05, 0.1) is 11.4 Å². The second-order valence-electron chi connectivity index (χ2n) is 5.39. The van der Waals surface area contributed by atoms with Gasteiger partial charge in [0.15, 0.2) is 5.13 Å². The van der Waals surface area contributed by atoms with E-state index < -0.39 is 0 Å². The zero-order valence-corrected chi connectivity index (χ0v) is 16.1. The molecule has 0 saturated carbocycles. The van der Waals surface area contributed by atoms with Crippen molar-refractivity contribution in [3.8, 4) is 11.4 Å². The summed E-state index contributed by atoms with van der Waals surface area (Å²) in [5, 5.41) is 4.26. The third-order valence-corrected chi connectivity index (χ3v) is 5.30. The van der Waals surface area contributed by atoms with Crippen molar-refractivity contribution in [2.45, 2.75) is 13.8 Å². The van der Waals surface area contributed by atoms with Gasteiger partial charge >= 0.3 is 0 Å². The Bertz CT molecular complexity index is 1020. The van der Waals surface area contributed by atoms with Crippen molar-refractivity contribution in [1.82, 2.24) is 19.4 Å². The molecule has 0 aliphatic heterocycles. The molecule has 4 aromatic rings. The third-order valence-electron chi connectivity index (χ3n) is 3.69. The number of aryl methyl sites for hydroxylation is 2. The Kier molecular flexibility index (Phi) is 3.97. The van der Waals surface area contributed by atoms with Crippen LogP contribution in [0.2, 0.25) is 0 Å². The molecule has 0 aliphatic rings. The summed E-state index contributed by atoms with van der Waals surface area (Å²) in [6.07, 6.45) is 3.73. The number of aromatic nitrogens is 4. The number of benzene rings is 1. The maximum atomic E-state index is 4.80. The number of imidazole rings is 1. The zero-order chi connectivity index (χ0) is 16.7. The minimum atomic E-state index is 0.699. The lowest BCUT2D eigenvalue weighted by Crippen LogP contribution is -1.93. The summed E-state index contributed by atoms with van der Waals surface area (Å²) in [6, 6.07) is 10.2. The third kappa shape index (κ3) is 2.78. The SMILES string of the molecule is Cc1nc2ncccn2c1-c1nc(Nc2ccc(I)cc2)sc1C. The van der Waals surface area contributed by atoms with Crippen LogP contribution in [0.3, 0.4) is 0 Å². The summed E-state index contributed by atoms with van der Waals surface area (Å²) in [6.45, 7) is 4.08. The largest absolute Gasteiger partial charge is 0.332 e. The van der Waals surface area contributed by atoms with Crippen molar-refractivity contribution in [1.29, 1.82) is 0 Å². The van der Waals surface area contributed by atoms with Crippen LogP contribution in [-0.2, 0) is 0 Å². The molecule has 7 heteroatoms. The number of nitrogens with zero attached hydrogens (tertiary/aromatic N) is 4. The minimum Gasteiger partial charge on any atom is -0.332 e. The van der Waals surface area contributed by atoms with Gasteiger partial charge in [0.25, 0.3) is 0 Å². The van der Waals surface area contributed by atoms with Crippen molar-refractivity contribution < 1.29 is 0 Å². The maximum Gasteiger partial charge on any atom is 0.234 e. The quantitative estimate of drug-likeness (QED) is 0.458. The summed E-state index contributed by atoms with van der Waals surface area (Å²) in [5.41, 5.74) is 3.92. The molecule has 3 heterocycles. The van der Waals surface area contributed by atoms with E-state index in [4.69, 9.17) is 4.98 Å². The highest BCUT2D eigenvalue weighted by atomic mass is 127. The molecule has 0 unspecified atom stereocenters. The van der Waals surface area contributed by atoms with Gasteiger partial charge in [-0.3, -0.25) is 4.40 Å². The molecule has 0 spiro atoms. The van der Waals surface area contributed by atoms with E-state index in [2.05, 4.69) is 69.1 Å². The van der Waals surface area contributed by atoms with Crippen LogP contribution in [0.5, 0.6) is 0 Å². The summed E-state index contributed by atoms with van der Waals surface area (Å²) >= 11 is 3.94. The predicted molar refractivity (Wildman–Crippen MR) is 106 cm³/mol. The molecular formula is C17H14IN5S. The Balaban J connectivity index is 1.75. The molecule has 4 rings (SSSR count). The molecule has 1 aromatic carbocycles. The van der Waals surface area contributed by atoms with Crippen LogP contribution in [0.4, 0.5) is 10.8 Å². The van der Waals surface area contributed by atoms with E-state index in [1.165, 1.54) is 3.57 Å². The summed E-state index contributed by atoms with van der Waals surface area (Å²) in [4.78, 5) is 14.8. The Morgan fingerprint density at radius 2 is 1.92 bits per heavy atom. The van der Waals surface area contributed by atoms with Crippen molar-refractivity contribution in [2.75, 3.05) is 5.32 Å². The first-order chi connectivity index (χ1) is 11.6. The van der Waals surface area contributed by atoms with Crippen molar-refractivity contribution >= 4 is 50.5 Å². The number of hydrogen-bond donors (Lipinski definition) is 1. The van der Waals surface area contributed by atoms with Crippen LogP contribution in [-0.4, -0.2) is 19.4 Å². The van der Waals surface area contributed by atoms with Gasteiger partial charge in [0.1, 0.15) is 5.69 Å². The van der Waals surface area contributed by atoms with Crippen LogP contribution >= 0.6 is 33.9 Å². The van der Waals surface area contributed by atoms with Crippen molar-refractivity contribution in [3.05, 3.63) is 56.9 Å². The lowest BCUT2D eigenvalue weighted by Gasteiger charge is -2.02. The van der Waals surface area contributed by atoms with Gasteiger partial charge in [-0.2, -0.15) is 0 Å². The second-order valence-corrected chi connectivity index (χ2v) is 7.84. The van der Waals surface area contributed by atoms with Gasteiger partial charge in [0.2, 0.25) is 5.78 Å². The van der Waals surface area contributed by atoms with Gasteiger partial charge in [-0.05, 0) is 66.8 Å².